The molecule has 0 fully saturated rings. The van der Waals surface area contributed by atoms with Crippen LogP contribution in [0.4, 0.5) is 0 Å². The molecule has 28 heavy (non-hydrogen) atoms. The molecule has 6 nitrogen and oxygen atoms in total. The summed E-state index contributed by atoms with van der Waals surface area (Å²) >= 11 is 3.41. The highest BCUT2D eigenvalue weighted by Gasteiger charge is 2.20. The number of pyridine rings is 1. The molecule has 0 unspecified atom stereocenters. The molecule has 3 aromatic heterocycles. The molecule has 5 aromatic rings. The van der Waals surface area contributed by atoms with Gasteiger partial charge in [0, 0.05) is 23.3 Å². The largest absolute Gasteiger partial charge is 0.338 e. The average Bonchev–Trinajstić information content (AvgIpc) is 3.34. The molecular weight excluding hydrogens is 440 g/mol. The quantitative estimate of drug-likeness (QED) is 0.406. The van der Waals surface area contributed by atoms with E-state index in [4.69, 9.17) is 0 Å². The first-order valence-corrected chi connectivity index (χ1v) is 10.7. The number of benzene rings is 2. The van der Waals surface area contributed by atoms with E-state index in [2.05, 4.69) is 30.9 Å². The van der Waals surface area contributed by atoms with E-state index >= 15 is 0 Å². The first-order chi connectivity index (χ1) is 13.6. The molecule has 138 valence electrons. The third kappa shape index (κ3) is 2.56. The third-order valence-corrected chi connectivity index (χ3v) is 6.89. The zero-order chi connectivity index (χ0) is 19.3. The third-order valence-electron chi connectivity index (χ3n) is 4.61. The van der Waals surface area contributed by atoms with E-state index in [9.17, 15) is 8.42 Å². The van der Waals surface area contributed by atoms with Crippen LogP contribution in [0, 0.1) is 0 Å². The summed E-state index contributed by atoms with van der Waals surface area (Å²) in [6.07, 6.45) is 3.27. The van der Waals surface area contributed by atoms with Crippen LogP contribution in [-0.2, 0) is 10.0 Å². The lowest BCUT2D eigenvalue weighted by molar-refractivity contribution is 0.589. The van der Waals surface area contributed by atoms with Gasteiger partial charge in [0.15, 0.2) is 0 Å². The van der Waals surface area contributed by atoms with Gasteiger partial charge in [-0.3, -0.25) is 0 Å². The number of fused-ring (bicyclic) bond motifs is 2. The van der Waals surface area contributed by atoms with Crippen molar-refractivity contribution >= 4 is 47.9 Å². The fourth-order valence-corrected chi connectivity index (χ4v) is 5.08. The summed E-state index contributed by atoms with van der Waals surface area (Å²) < 4.78 is 28.1. The minimum absolute atomic E-state index is 0.247. The lowest BCUT2D eigenvalue weighted by atomic mass is 10.1. The number of halogens is 1. The number of nitrogens with zero attached hydrogens (tertiary/aromatic N) is 3. The van der Waals surface area contributed by atoms with Crippen molar-refractivity contribution in [3.05, 3.63) is 77.7 Å². The molecule has 0 saturated heterocycles. The summed E-state index contributed by atoms with van der Waals surface area (Å²) in [5.41, 5.74) is 3.00. The predicted octanol–water partition coefficient (Wildman–Crippen LogP) is 4.58. The molecule has 3 heterocycles. The molecule has 0 aliphatic heterocycles. The van der Waals surface area contributed by atoms with Crippen LogP contribution in [0.3, 0.4) is 0 Å². The number of hydrogen-bond acceptors (Lipinski definition) is 4. The minimum atomic E-state index is -3.68. The molecule has 1 N–H and O–H groups in total. The van der Waals surface area contributed by atoms with Gasteiger partial charge in [-0.25, -0.2) is 22.4 Å². The second kappa shape index (κ2) is 6.29. The molecule has 0 aliphatic rings. The molecule has 2 aromatic carbocycles. The Morgan fingerprint density at radius 2 is 1.79 bits per heavy atom. The smallest absolute Gasteiger partial charge is 0.268 e. The van der Waals surface area contributed by atoms with Gasteiger partial charge in [0.2, 0.25) is 0 Å². The summed E-state index contributed by atoms with van der Waals surface area (Å²) in [5, 5.41) is 0.796. The van der Waals surface area contributed by atoms with Crippen molar-refractivity contribution in [2.24, 2.45) is 0 Å². The highest BCUT2D eigenvalue weighted by atomic mass is 79.9. The highest BCUT2D eigenvalue weighted by molar-refractivity contribution is 9.10. The number of imidazole rings is 1. The van der Waals surface area contributed by atoms with Gasteiger partial charge in [0.25, 0.3) is 10.0 Å². The van der Waals surface area contributed by atoms with E-state index in [1.54, 1.807) is 54.9 Å². The zero-order valence-electron chi connectivity index (χ0n) is 14.4. The fourth-order valence-electron chi connectivity index (χ4n) is 3.30. The molecule has 5 rings (SSSR count). The van der Waals surface area contributed by atoms with E-state index < -0.39 is 10.0 Å². The Morgan fingerprint density at radius 3 is 2.57 bits per heavy atom. The Kier molecular flexibility index (Phi) is 3.85. The van der Waals surface area contributed by atoms with Crippen LogP contribution in [0.15, 0.2) is 82.6 Å². The summed E-state index contributed by atoms with van der Waals surface area (Å²) in [5.74, 6) is 0.657. The standard InChI is InChI=1S/C20H13BrN4O2S/c21-19-18-16(9-11-22-19)23-20(24-18)15-7-4-8-17-14(15)10-12-25(17)28(26,27)13-5-2-1-3-6-13/h1-12H,(H,23,24). The average molecular weight is 453 g/mol. The number of hydrogen-bond donors (Lipinski definition) is 1. The van der Waals surface area contributed by atoms with E-state index in [1.807, 2.05) is 18.2 Å². The Bertz CT molecular complexity index is 1440. The number of aromatic nitrogens is 4. The molecule has 0 aliphatic carbocycles. The highest BCUT2D eigenvalue weighted by Crippen LogP contribution is 2.32. The van der Waals surface area contributed by atoms with Gasteiger partial charge in [-0.05, 0) is 46.3 Å². The normalized spacial score (nSPS) is 12.0. The van der Waals surface area contributed by atoms with Crippen molar-refractivity contribution in [2.75, 3.05) is 0 Å². The lowest BCUT2D eigenvalue weighted by Crippen LogP contribution is -2.11. The number of nitrogens with one attached hydrogen (secondary N) is 1. The van der Waals surface area contributed by atoms with Gasteiger partial charge in [-0.1, -0.05) is 30.3 Å². The first-order valence-electron chi connectivity index (χ1n) is 8.47. The number of rotatable bonds is 3. The summed E-state index contributed by atoms with van der Waals surface area (Å²) in [7, 11) is -3.68. The van der Waals surface area contributed by atoms with Crippen LogP contribution in [0.1, 0.15) is 0 Å². The SMILES string of the molecule is O=S(=O)(c1ccccc1)n1ccc2c(-c3nc4c(Br)nccc4[nH]3)cccc21. The lowest BCUT2D eigenvalue weighted by Gasteiger charge is -2.08. The molecule has 0 bridgehead atoms. The van der Waals surface area contributed by atoms with Gasteiger partial charge < -0.3 is 4.98 Å². The predicted molar refractivity (Wildman–Crippen MR) is 112 cm³/mol. The molecule has 0 radical (unpaired) electrons. The van der Waals surface area contributed by atoms with Crippen LogP contribution in [0.25, 0.3) is 33.3 Å². The maximum absolute atomic E-state index is 13.1. The van der Waals surface area contributed by atoms with Crippen molar-refractivity contribution in [2.45, 2.75) is 4.90 Å². The topological polar surface area (TPSA) is 80.6 Å². The maximum Gasteiger partial charge on any atom is 0.268 e. The monoisotopic (exact) mass is 452 g/mol. The summed E-state index contributed by atoms with van der Waals surface area (Å²) in [4.78, 5) is 12.4. The maximum atomic E-state index is 13.1. The Balaban J connectivity index is 1.72. The van der Waals surface area contributed by atoms with Crippen LogP contribution in [0.5, 0.6) is 0 Å². The first kappa shape index (κ1) is 17.2. The van der Waals surface area contributed by atoms with Gasteiger partial charge >= 0.3 is 0 Å². The van der Waals surface area contributed by atoms with Gasteiger partial charge in [0.1, 0.15) is 15.9 Å². The molecule has 8 heteroatoms. The molecule has 0 saturated carbocycles. The Labute approximate surface area is 169 Å². The van der Waals surface area contributed by atoms with E-state index in [0.29, 0.717) is 15.9 Å². The van der Waals surface area contributed by atoms with Crippen molar-refractivity contribution in [1.82, 2.24) is 18.9 Å². The van der Waals surface area contributed by atoms with Crippen molar-refractivity contribution < 1.29 is 8.42 Å². The van der Waals surface area contributed by atoms with Crippen LogP contribution in [-0.4, -0.2) is 27.3 Å². The molecule has 0 spiro atoms. The number of aromatic amines is 1. The second-order valence-corrected chi connectivity index (χ2v) is 8.82. The Hall–Kier alpha value is -2.97. The summed E-state index contributed by atoms with van der Waals surface area (Å²) in [6, 6.07) is 17.6. The van der Waals surface area contributed by atoms with Crippen molar-refractivity contribution in [1.29, 1.82) is 0 Å². The van der Waals surface area contributed by atoms with Gasteiger partial charge in [-0.2, -0.15) is 0 Å². The molecule has 0 amide bonds. The van der Waals surface area contributed by atoms with Gasteiger partial charge in [-0.15, -0.1) is 0 Å². The van der Waals surface area contributed by atoms with Crippen LogP contribution < -0.4 is 0 Å². The summed E-state index contributed by atoms with van der Waals surface area (Å²) in [6.45, 7) is 0. The van der Waals surface area contributed by atoms with Crippen molar-refractivity contribution in [3.8, 4) is 11.4 Å². The number of H-pyrrole nitrogens is 1. The van der Waals surface area contributed by atoms with Crippen LogP contribution >= 0.6 is 15.9 Å². The molecular formula is C20H13BrN4O2S. The molecule has 0 atom stereocenters. The second-order valence-electron chi connectivity index (χ2n) is 6.25. The Morgan fingerprint density at radius 1 is 0.964 bits per heavy atom. The van der Waals surface area contributed by atoms with Crippen molar-refractivity contribution in [3.63, 3.8) is 0 Å². The van der Waals surface area contributed by atoms with Crippen LogP contribution in [0.2, 0.25) is 0 Å². The van der Waals surface area contributed by atoms with E-state index in [-0.39, 0.29) is 4.90 Å². The minimum Gasteiger partial charge on any atom is -0.338 e. The zero-order valence-corrected chi connectivity index (χ0v) is 16.8. The van der Waals surface area contributed by atoms with E-state index in [1.165, 1.54) is 3.97 Å². The van der Waals surface area contributed by atoms with E-state index in [0.717, 1.165) is 22.0 Å². The van der Waals surface area contributed by atoms with Gasteiger partial charge in [0.05, 0.1) is 15.9 Å². The fraction of sp³-hybridized carbons (Fsp3) is 0.